The molecular weight excluding hydrogens is 359 g/mol. The predicted octanol–water partition coefficient (Wildman–Crippen LogP) is 2.84. The van der Waals surface area contributed by atoms with Gasteiger partial charge in [-0.25, -0.2) is 9.18 Å². The number of rotatable bonds is 3. The fraction of sp³-hybridized carbons (Fsp3) is 0.381. The third-order valence-corrected chi connectivity index (χ3v) is 6.18. The number of fused-ring (bicyclic) bond motifs is 1. The summed E-state index contributed by atoms with van der Waals surface area (Å²) >= 11 is 0. The zero-order chi connectivity index (χ0) is 19.5. The fourth-order valence-electron chi connectivity index (χ4n) is 4.66. The van der Waals surface area contributed by atoms with Gasteiger partial charge >= 0.3 is 6.09 Å². The van der Waals surface area contributed by atoms with E-state index in [0.717, 1.165) is 18.8 Å². The standard InChI is InChI=1S/C21H19FN4O2/c1-12-10-26(20(27)28-12)14-3-4-15(18(22)6-14)13-2-5-19(25-7-13)21(11-23)16-8-24-9-17(16)21/h2-7,12,16-17,24H,8-10H2,1H3/t12-,16-,17+,21+/m0/s1. The highest BCUT2D eigenvalue weighted by atomic mass is 19.1. The minimum absolute atomic E-state index is 0.212. The summed E-state index contributed by atoms with van der Waals surface area (Å²) in [6, 6.07) is 10.8. The maximum atomic E-state index is 14.7. The number of benzene rings is 1. The molecule has 5 rings (SSSR count). The van der Waals surface area contributed by atoms with E-state index in [-0.39, 0.29) is 6.10 Å². The Morgan fingerprint density at radius 2 is 2.11 bits per heavy atom. The molecule has 3 fully saturated rings. The number of hydrogen-bond acceptors (Lipinski definition) is 5. The van der Waals surface area contributed by atoms with Crippen LogP contribution in [-0.4, -0.2) is 36.8 Å². The number of ether oxygens (including phenoxy) is 1. The van der Waals surface area contributed by atoms with E-state index < -0.39 is 17.3 Å². The van der Waals surface area contributed by atoms with Gasteiger partial charge in [0.25, 0.3) is 0 Å². The summed E-state index contributed by atoms with van der Waals surface area (Å²) in [7, 11) is 0. The first-order valence-electron chi connectivity index (χ1n) is 9.41. The summed E-state index contributed by atoms with van der Waals surface area (Å²) in [5, 5.41) is 13.0. The Hall–Kier alpha value is -2.98. The molecule has 1 N–H and O–H groups in total. The van der Waals surface area contributed by atoms with Crippen LogP contribution in [0.3, 0.4) is 0 Å². The zero-order valence-corrected chi connectivity index (χ0v) is 15.4. The quantitative estimate of drug-likeness (QED) is 0.889. The maximum absolute atomic E-state index is 14.7. The summed E-state index contributed by atoms with van der Waals surface area (Å²) in [5.41, 5.74) is 1.79. The van der Waals surface area contributed by atoms with E-state index in [4.69, 9.17) is 4.74 Å². The van der Waals surface area contributed by atoms with Crippen molar-refractivity contribution in [2.75, 3.05) is 24.5 Å². The van der Waals surface area contributed by atoms with Crippen molar-refractivity contribution in [2.24, 2.45) is 11.8 Å². The molecule has 1 aromatic heterocycles. The normalized spacial score (nSPS) is 30.7. The first-order chi connectivity index (χ1) is 13.5. The number of nitrogens with zero attached hydrogens (tertiary/aromatic N) is 3. The Bertz CT molecular complexity index is 990. The minimum atomic E-state index is -0.501. The third-order valence-electron chi connectivity index (χ3n) is 6.18. The Labute approximate surface area is 161 Å². The van der Waals surface area contributed by atoms with Crippen molar-refractivity contribution in [3.05, 3.63) is 48.0 Å². The number of halogens is 1. The molecule has 0 spiro atoms. The van der Waals surface area contributed by atoms with Gasteiger partial charge in [-0.1, -0.05) is 6.07 Å². The molecule has 4 atom stereocenters. The zero-order valence-electron chi connectivity index (χ0n) is 15.4. The lowest BCUT2D eigenvalue weighted by atomic mass is 9.96. The highest BCUT2D eigenvalue weighted by molar-refractivity contribution is 5.90. The van der Waals surface area contributed by atoms with Crippen molar-refractivity contribution in [1.29, 1.82) is 5.26 Å². The lowest BCUT2D eigenvalue weighted by Crippen LogP contribution is -2.25. The molecule has 6 nitrogen and oxygen atoms in total. The lowest BCUT2D eigenvalue weighted by molar-refractivity contribution is 0.150. The van der Waals surface area contributed by atoms with Gasteiger partial charge < -0.3 is 10.1 Å². The average Bonchev–Trinajstić information content (AvgIpc) is 2.99. The number of amides is 1. The van der Waals surface area contributed by atoms with E-state index in [1.807, 2.05) is 12.1 Å². The van der Waals surface area contributed by atoms with Gasteiger partial charge in [0.2, 0.25) is 0 Å². The van der Waals surface area contributed by atoms with Gasteiger partial charge in [0.1, 0.15) is 17.3 Å². The fourth-order valence-corrected chi connectivity index (χ4v) is 4.66. The highest BCUT2D eigenvalue weighted by Gasteiger charge is 2.69. The number of nitrogens with one attached hydrogen (secondary N) is 1. The van der Waals surface area contributed by atoms with Crippen LogP contribution in [-0.2, 0) is 10.2 Å². The Balaban J connectivity index is 1.41. The highest BCUT2D eigenvalue weighted by Crippen LogP contribution is 2.60. The lowest BCUT2D eigenvalue weighted by Gasteiger charge is -2.15. The largest absolute Gasteiger partial charge is 0.444 e. The summed E-state index contributed by atoms with van der Waals surface area (Å²) in [6.07, 6.45) is 0.952. The Kier molecular flexibility index (Phi) is 3.68. The van der Waals surface area contributed by atoms with Gasteiger partial charge in [-0.3, -0.25) is 9.88 Å². The van der Waals surface area contributed by atoms with Crippen LogP contribution >= 0.6 is 0 Å². The van der Waals surface area contributed by atoms with Gasteiger partial charge in [0.05, 0.1) is 24.0 Å². The van der Waals surface area contributed by atoms with E-state index in [2.05, 4.69) is 16.4 Å². The molecule has 1 aromatic carbocycles. The second kappa shape index (κ2) is 6.01. The molecular formula is C21H19FN4O2. The molecule has 28 heavy (non-hydrogen) atoms. The minimum Gasteiger partial charge on any atom is -0.444 e. The number of piperidine rings is 1. The van der Waals surface area contributed by atoms with Crippen LogP contribution in [0.2, 0.25) is 0 Å². The molecule has 1 saturated carbocycles. The molecule has 3 aliphatic rings. The van der Waals surface area contributed by atoms with Gasteiger partial charge in [0.15, 0.2) is 0 Å². The van der Waals surface area contributed by atoms with Crippen molar-refractivity contribution in [3.63, 3.8) is 0 Å². The summed E-state index contributed by atoms with van der Waals surface area (Å²) in [6.45, 7) is 3.89. The van der Waals surface area contributed by atoms with Crippen LogP contribution in [0.25, 0.3) is 11.1 Å². The summed E-state index contributed by atoms with van der Waals surface area (Å²) in [5.74, 6) is 0.200. The molecule has 142 valence electrons. The van der Waals surface area contributed by atoms with Crippen molar-refractivity contribution in [1.82, 2.24) is 10.3 Å². The van der Waals surface area contributed by atoms with Crippen molar-refractivity contribution in [2.45, 2.75) is 18.4 Å². The Morgan fingerprint density at radius 1 is 1.32 bits per heavy atom. The molecule has 0 bridgehead atoms. The molecule has 3 heterocycles. The van der Waals surface area contributed by atoms with E-state index in [1.54, 1.807) is 25.3 Å². The van der Waals surface area contributed by atoms with Gasteiger partial charge in [-0.05, 0) is 31.2 Å². The number of carbonyl (C=O) groups is 1. The molecule has 1 amide bonds. The number of cyclic esters (lactones) is 1. The van der Waals surface area contributed by atoms with Crippen LogP contribution in [0.15, 0.2) is 36.5 Å². The van der Waals surface area contributed by atoms with Crippen LogP contribution in [0.4, 0.5) is 14.9 Å². The number of aromatic nitrogens is 1. The van der Waals surface area contributed by atoms with Crippen LogP contribution in [0.5, 0.6) is 0 Å². The molecule has 0 unspecified atom stereocenters. The first kappa shape index (κ1) is 17.1. The summed E-state index contributed by atoms with van der Waals surface area (Å²) in [4.78, 5) is 17.8. The molecule has 2 saturated heterocycles. The predicted molar refractivity (Wildman–Crippen MR) is 100 cm³/mol. The van der Waals surface area contributed by atoms with Crippen molar-refractivity contribution >= 4 is 11.8 Å². The SMILES string of the molecule is C[C@H]1CN(c2ccc(-c3ccc([C@@]4(C#N)[C@@H]5CNC[C@@H]54)nc3)c(F)c2)C(=O)O1. The van der Waals surface area contributed by atoms with Crippen molar-refractivity contribution < 1.29 is 13.9 Å². The number of anilines is 1. The molecule has 7 heteroatoms. The average molecular weight is 378 g/mol. The van der Waals surface area contributed by atoms with Crippen LogP contribution < -0.4 is 10.2 Å². The number of nitriles is 1. The van der Waals surface area contributed by atoms with Gasteiger partial charge in [0, 0.05) is 42.2 Å². The van der Waals surface area contributed by atoms with Crippen LogP contribution in [0, 0.1) is 29.0 Å². The first-order valence-corrected chi connectivity index (χ1v) is 9.41. The molecule has 1 aliphatic carbocycles. The topological polar surface area (TPSA) is 78.3 Å². The van der Waals surface area contributed by atoms with E-state index in [0.29, 0.717) is 35.2 Å². The van der Waals surface area contributed by atoms with Gasteiger partial charge in [-0.15, -0.1) is 0 Å². The smallest absolute Gasteiger partial charge is 0.414 e. The second-order valence-electron chi connectivity index (χ2n) is 7.75. The monoisotopic (exact) mass is 378 g/mol. The van der Waals surface area contributed by atoms with Crippen LogP contribution in [0.1, 0.15) is 12.6 Å². The third kappa shape index (κ3) is 2.34. The van der Waals surface area contributed by atoms with E-state index in [9.17, 15) is 14.4 Å². The molecule has 2 aliphatic heterocycles. The summed E-state index contributed by atoms with van der Waals surface area (Å²) < 4.78 is 19.8. The number of hydrogen-bond donors (Lipinski definition) is 1. The maximum Gasteiger partial charge on any atom is 0.414 e. The van der Waals surface area contributed by atoms with Crippen molar-refractivity contribution in [3.8, 4) is 17.2 Å². The van der Waals surface area contributed by atoms with E-state index >= 15 is 0 Å². The van der Waals surface area contributed by atoms with Gasteiger partial charge in [-0.2, -0.15) is 5.26 Å². The van der Waals surface area contributed by atoms with E-state index in [1.165, 1.54) is 11.0 Å². The second-order valence-corrected chi connectivity index (χ2v) is 7.75. The molecule has 0 radical (unpaired) electrons. The Morgan fingerprint density at radius 3 is 2.68 bits per heavy atom. The molecule has 2 aromatic rings. The number of carbonyl (C=O) groups excluding carboxylic acids is 1. The number of pyridine rings is 1.